The Kier molecular flexibility index (Phi) is 4.18. The van der Waals surface area contributed by atoms with E-state index in [1.54, 1.807) is 4.68 Å². The molecule has 80 valence electrons. The molecular formula is C9H13N5S. The minimum atomic E-state index is 0.584. The average Bonchev–Trinajstić information content (AvgIpc) is 2.58. The molecule has 6 heteroatoms. The van der Waals surface area contributed by atoms with Gasteiger partial charge >= 0.3 is 0 Å². The fourth-order valence-corrected chi connectivity index (χ4v) is 1.49. The zero-order valence-corrected chi connectivity index (χ0v) is 9.80. The number of thioether (sulfide) groups is 1. The zero-order valence-electron chi connectivity index (χ0n) is 8.98. The number of nitriles is 1. The molecule has 0 unspecified atom stereocenters. The molecule has 0 amide bonds. The van der Waals surface area contributed by atoms with Gasteiger partial charge < -0.3 is 0 Å². The lowest BCUT2D eigenvalue weighted by Crippen LogP contribution is -2.12. The number of hydrogen-bond donors (Lipinski definition) is 1. The van der Waals surface area contributed by atoms with Crippen LogP contribution in [0.4, 0.5) is 5.69 Å². The summed E-state index contributed by atoms with van der Waals surface area (Å²) < 4.78 is 1.72. The van der Waals surface area contributed by atoms with Gasteiger partial charge in [0.2, 0.25) is 0 Å². The third-order valence-corrected chi connectivity index (χ3v) is 2.38. The van der Waals surface area contributed by atoms with Gasteiger partial charge in [-0.25, -0.2) is 4.99 Å². The lowest BCUT2D eigenvalue weighted by atomic mass is 10.3. The molecule has 15 heavy (non-hydrogen) atoms. The third-order valence-electron chi connectivity index (χ3n) is 1.80. The molecule has 0 aromatic carbocycles. The molecule has 0 aliphatic heterocycles. The maximum atomic E-state index is 8.50. The van der Waals surface area contributed by atoms with Crippen LogP contribution in [0.3, 0.4) is 0 Å². The Bertz CT molecular complexity index is 401. The number of rotatable bonds is 2. The number of aliphatic imine (C=N–C) groups is 1. The normalized spacial score (nSPS) is 11.2. The van der Waals surface area contributed by atoms with Crippen LogP contribution in [0.2, 0.25) is 0 Å². The van der Waals surface area contributed by atoms with E-state index in [0.717, 1.165) is 17.8 Å². The van der Waals surface area contributed by atoms with E-state index in [-0.39, 0.29) is 0 Å². The predicted octanol–water partition coefficient (Wildman–Crippen LogP) is 1.40. The minimum Gasteiger partial charge on any atom is -0.273 e. The van der Waals surface area contributed by atoms with Crippen LogP contribution < -0.4 is 5.32 Å². The van der Waals surface area contributed by atoms with Gasteiger partial charge in [0.15, 0.2) is 11.4 Å². The highest BCUT2D eigenvalue weighted by Gasteiger charge is 2.05. The van der Waals surface area contributed by atoms with Crippen LogP contribution in [0, 0.1) is 11.5 Å². The second-order valence-corrected chi connectivity index (χ2v) is 3.64. The Morgan fingerprint density at radius 2 is 2.53 bits per heavy atom. The lowest BCUT2D eigenvalue weighted by molar-refractivity contribution is 0.746. The second-order valence-electron chi connectivity index (χ2n) is 2.85. The molecule has 0 bridgehead atoms. The van der Waals surface area contributed by atoms with Crippen molar-refractivity contribution in [3.05, 3.63) is 11.9 Å². The van der Waals surface area contributed by atoms with Crippen molar-refractivity contribution < 1.29 is 0 Å². The van der Waals surface area contributed by atoms with Crippen molar-refractivity contribution in [1.29, 1.82) is 5.26 Å². The predicted molar refractivity (Wildman–Crippen MR) is 61.9 cm³/mol. The quantitative estimate of drug-likeness (QED) is 0.356. The number of aromatic nitrogens is 2. The summed E-state index contributed by atoms with van der Waals surface area (Å²) in [5.74, 6) is 0. The van der Waals surface area contributed by atoms with Gasteiger partial charge in [-0.05, 0) is 12.7 Å². The van der Waals surface area contributed by atoms with Crippen molar-refractivity contribution in [3.8, 4) is 6.19 Å². The number of amidine groups is 1. The average molecular weight is 223 g/mol. The van der Waals surface area contributed by atoms with Crippen molar-refractivity contribution in [3.63, 3.8) is 0 Å². The van der Waals surface area contributed by atoms with E-state index in [1.165, 1.54) is 11.8 Å². The fourth-order valence-electron chi connectivity index (χ4n) is 1.15. The fraction of sp³-hybridized carbons (Fsp3) is 0.444. The van der Waals surface area contributed by atoms with E-state index in [0.29, 0.717) is 5.17 Å². The summed E-state index contributed by atoms with van der Waals surface area (Å²) in [6.45, 7) is 2.03. The van der Waals surface area contributed by atoms with E-state index < -0.39 is 0 Å². The highest BCUT2D eigenvalue weighted by Crippen LogP contribution is 2.18. The maximum Gasteiger partial charge on any atom is 0.183 e. The summed E-state index contributed by atoms with van der Waals surface area (Å²) in [7, 11) is 1.86. The third kappa shape index (κ3) is 2.99. The molecule has 0 saturated heterocycles. The van der Waals surface area contributed by atoms with Crippen molar-refractivity contribution in [2.24, 2.45) is 12.0 Å². The van der Waals surface area contributed by atoms with E-state index in [9.17, 15) is 0 Å². The minimum absolute atomic E-state index is 0.584. The van der Waals surface area contributed by atoms with Crippen molar-refractivity contribution in [1.82, 2.24) is 15.1 Å². The molecule has 0 atom stereocenters. The summed E-state index contributed by atoms with van der Waals surface area (Å²) in [5.41, 5.74) is 1.75. The Morgan fingerprint density at radius 1 is 1.80 bits per heavy atom. The van der Waals surface area contributed by atoms with Gasteiger partial charge in [0, 0.05) is 7.05 Å². The van der Waals surface area contributed by atoms with Gasteiger partial charge in [-0.15, -0.1) is 0 Å². The van der Waals surface area contributed by atoms with Crippen LogP contribution in [-0.4, -0.2) is 21.2 Å². The number of aryl methyl sites for hydroxylation is 2. The zero-order chi connectivity index (χ0) is 11.3. The van der Waals surface area contributed by atoms with Crippen LogP contribution in [-0.2, 0) is 13.5 Å². The summed E-state index contributed by atoms with van der Waals surface area (Å²) >= 11 is 1.40. The van der Waals surface area contributed by atoms with Crippen molar-refractivity contribution in [2.45, 2.75) is 13.3 Å². The van der Waals surface area contributed by atoms with Gasteiger partial charge in [-0.2, -0.15) is 10.4 Å². The van der Waals surface area contributed by atoms with Gasteiger partial charge in [0.25, 0.3) is 0 Å². The molecule has 0 saturated carbocycles. The SMILES string of the molecule is CCc1nn(C)cc1N=C(NC#N)SC. The maximum absolute atomic E-state index is 8.50. The molecule has 1 heterocycles. The molecule has 1 N–H and O–H groups in total. The first-order chi connectivity index (χ1) is 7.21. The molecule has 1 rings (SSSR count). The van der Waals surface area contributed by atoms with Crippen LogP contribution >= 0.6 is 11.8 Å². The molecule has 5 nitrogen and oxygen atoms in total. The molecule has 0 radical (unpaired) electrons. The number of nitrogens with one attached hydrogen (secondary N) is 1. The smallest absolute Gasteiger partial charge is 0.183 e. The molecule has 0 spiro atoms. The van der Waals surface area contributed by atoms with E-state index in [2.05, 4.69) is 15.4 Å². The highest BCUT2D eigenvalue weighted by molar-refractivity contribution is 8.13. The molecular weight excluding hydrogens is 210 g/mol. The monoisotopic (exact) mass is 223 g/mol. The molecule has 1 aromatic heterocycles. The number of nitrogens with zero attached hydrogens (tertiary/aromatic N) is 4. The van der Waals surface area contributed by atoms with Gasteiger partial charge in [0.05, 0.1) is 11.9 Å². The Balaban J connectivity index is 2.99. The van der Waals surface area contributed by atoms with E-state index in [4.69, 9.17) is 5.26 Å². The van der Waals surface area contributed by atoms with Gasteiger partial charge in [-0.1, -0.05) is 18.7 Å². The summed E-state index contributed by atoms with van der Waals surface area (Å²) in [5, 5.41) is 15.9. The van der Waals surface area contributed by atoms with E-state index in [1.807, 2.05) is 32.6 Å². The Labute approximate surface area is 93.2 Å². The first-order valence-electron chi connectivity index (χ1n) is 4.51. The van der Waals surface area contributed by atoms with Crippen LogP contribution in [0.5, 0.6) is 0 Å². The Morgan fingerprint density at radius 3 is 3.07 bits per heavy atom. The summed E-state index contributed by atoms with van der Waals surface area (Å²) in [6.07, 6.45) is 6.39. The summed E-state index contributed by atoms with van der Waals surface area (Å²) in [6, 6.07) is 0. The van der Waals surface area contributed by atoms with E-state index >= 15 is 0 Å². The first kappa shape index (κ1) is 11.6. The molecule has 0 aliphatic rings. The lowest BCUT2D eigenvalue weighted by Gasteiger charge is -1.98. The van der Waals surface area contributed by atoms with Gasteiger partial charge in [-0.3, -0.25) is 10.00 Å². The van der Waals surface area contributed by atoms with Crippen LogP contribution in [0.1, 0.15) is 12.6 Å². The molecule has 0 aliphatic carbocycles. The highest BCUT2D eigenvalue weighted by atomic mass is 32.2. The van der Waals surface area contributed by atoms with Crippen molar-refractivity contribution >= 4 is 22.6 Å². The Hall–Kier alpha value is -1.48. The molecule has 0 fully saturated rings. The largest absolute Gasteiger partial charge is 0.273 e. The summed E-state index contributed by atoms with van der Waals surface area (Å²) in [4.78, 5) is 4.32. The second kappa shape index (κ2) is 5.41. The van der Waals surface area contributed by atoms with Crippen LogP contribution in [0.25, 0.3) is 0 Å². The first-order valence-corrected chi connectivity index (χ1v) is 5.74. The van der Waals surface area contributed by atoms with Gasteiger partial charge in [0.1, 0.15) is 5.69 Å². The topological polar surface area (TPSA) is 66.0 Å². The van der Waals surface area contributed by atoms with Crippen molar-refractivity contribution in [2.75, 3.05) is 6.26 Å². The number of hydrogen-bond acceptors (Lipinski definition) is 4. The van der Waals surface area contributed by atoms with Crippen LogP contribution in [0.15, 0.2) is 11.2 Å². The standard InChI is InChI=1S/C9H13N5S/c1-4-7-8(5-14(2)13-7)12-9(15-3)11-6-10/h5H,4H2,1-3H3,(H,11,12). The molecule has 1 aromatic rings.